The molecule has 0 bridgehead atoms. The standard InChI is InChI=1S/C12H17NO.ClH/c14-12(10-13-8-4-5-9-13)11-6-2-1-3-7-11;/h1-3,6-7,12,14H,4-5,8-10H2;1H. The molecule has 2 nitrogen and oxygen atoms in total. The predicted octanol–water partition coefficient (Wildman–Crippen LogP) is 2.24. The van der Waals surface area contributed by atoms with Gasteiger partial charge in [-0.2, -0.15) is 0 Å². The van der Waals surface area contributed by atoms with Crippen LogP contribution in [0.5, 0.6) is 0 Å². The Morgan fingerprint density at radius 1 is 1.13 bits per heavy atom. The van der Waals surface area contributed by atoms with Crippen LogP contribution >= 0.6 is 12.4 Å². The fourth-order valence-corrected chi connectivity index (χ4v) is 1.99. The van der Waals surface area contributed by atoms with Crippen LogP contribution < -0.4 is 0 Å². The molecule has 0 aliphatic carbocycles. The first-order chi connectivity index (χ1) is 6.86. The highest BCUT2D eigenvalue weighted by atomic mass is 35.5. The molecule has 1 fully saturated rings. The molecule has 1 saturated heterocycles. The van der Waals surface area contributed by atoms with Crippen LogP contribution in [0.4, 0.5) is 0 Å². The van der Waals surface area contributed by atoms with Crippen molar-refractivity contribution < 1.29 is 5.11 Å². The van der Waals surface area contributed by atoms with Gasteiger partial charge in [0.2, 0.25) is 0 Å². The maximum absolute atomic E-state index is 9.94. The molecule has 1 aromatic rings. The van der Waals surface area contributed by atoms with Gasteiger partial charge in [-0.1, -0.05) is 30.3 Å². The molecule has 1 atom stereocenters. The number of nitrogens with zero attached hydrogens (tertiary/aromatic N) is 1. The van der Waals surface area contributed by atoms with Crippen LogP contribution in [0.2, 0.25) is 0 Å². The highest BCUT2D eigenvalue weighted by Crippen LogP contribution is 2.16. The summed E-state index contributed by atoms with van der Waals surface area (Å²) >= 11 is 0. The Morgan fingerprint density at radius 3 is 2.33 bits per heavy atom. The van der Waals surface area contributed by atoms with Crippen molar-refractivity contribution in [2.24, 2.45) is 0 Å². The molecule has 15 heavy (non-hydrogen) atoms. The van der Waals surface area contributed by atoms with Crippen molar-refractivity contribution in [1.82, 2.24) is 4.90 Å². The number of halogens is 1. The second kappa shape index (κ2) is 6.11. The summed E-state index contributed by atoms with van der Waals surface area (Å²) < 4.78 is 0. The van der Waals surface area contributed by atoms with Crippen molar-refractivity contribution in [1.29, 1.82) is 0 Å². The average Bonchev–Trinajstić information content (AvgIpc) is 2.72. The van der Waals surface area contributed by atoms with Crippen LogP contribution in [0.1, 0.15) is 24.5 Å². The summed E-state index contributed by atoms with van der Waals surface area (Å²) in [5, 5.41) is 9.94. The minimum atomic E-state index is -0.325. The fraction of sp³-hybridized carbons (Fsp3) is 0.500. The Balaban J connectivity index is 0.00000112. The van der Waals surface area contributed by atoms with Gasteiger partial charge in [-0.15, -0.1) is 12.4 Å². The first-order valence-electron chi connectivity index (χ1n) is 5.31. The van der Waals surface area contributed by atoms with E-state index in [1.54, 1.807) is 0 Å². The molecule has 0 saturated carbocycles. The maximum Gasteiger partial charge on any atom is 0.0916 e. The molecular weight excluding hydrogens is 210 g/mol. The topological polar surface area (TPSA) is 23.5 Å². The molecule has 1 aliphatic heterocycles. The van der Waals surface area contributed by atoms with Gasteiger partial charge in [0.05, 0.1) is 6.10 Å². The number of β-amino-alcohol motifs (C(OH)–C–C–N with tert-alkyl or cyclic N) is 1. The quantitative estimate of drug-likeness (QED) is 0.856. The molecule has 0 spiro atoms. The molecule has 0 aromatic heterocycles. The fourth-order valence-electron chi connectivity index (χ4n) is 1.99. The van der Waals surface area contributed by atoms with E-state index in [-0.39, 0.29) is 18.5 Å². The Labute approximate surface area is 97.3 Å². The summed E-state index contributed by atoms with van der Waals surface area (Å²) in [5.41, 5.74) is 1.03. The smallest absolute Gasteiger partial charge is 0.0916 e. The number of rotatable bonds is 3. The first-order valence-corrected chi connectivity index (χ1v) is 5.31. The molecule has 2 rings (SSSR count). The van der Waals surface area contributed by atoms with Crippen LogP contribution in [-0.2, 0) is 0 Å². The lowest BCUT2D eigenvalue weighted by Crippen LogP contribution is -2.25. The van der Waals surface area contributed by atoms with Gasteiger partial charge in [0.15, 0.2) is 0 Å². The molecular formula is C12H18ClNO. The number of hydrogen-bond acceptors (Lipinski definition) is 2. The normalized spacial score (nSPS) is 18.5. The van der Waals surface area contributed by atoms with E-state index >= 15 is 0 Å². The second-order valence-corrected chi connectivity index (χ2v) is 3.93. The highest BCUT2D eigenvalue weighted by Gasteiger charge is 2.16. The molecule has 0 amide bonds. The molecule has 1 unspecified atom stereocenters. The first kappa shape index (κ1) is 12.5. The summed E-state index contributed by atoms with van der Waals surface area (Å²) in [5.74, 6) is 0. The summed E-state index contributed by atoms with van der Waals surface area (Å²) in [7, 11) is 0. The van der Waals surface area contributed by atoms with Gasteiger partial charge < -0.3 is 10.0 Å². The van der Waals surface area contributed by atoms with Crippen molar-refractivity contribution in [2.75, 3.05) is 19.6 Å². The van der Waals surface area contributed by atoms with E-state index in [0.717, 1.165) is 25.2 Å². The van der Waals surface area contributed by atoms with E-state index in [9.17, 15) is 5.11 Å². The summed E-state index contributed by atoms with van der Waals surface area (Å²) in [4.78, 5) is 2.33. The lowest BCUT2D eigenvalue weighted by atomic mass is 10.1. The summed E-state index contributed by atoms with van der Waals surface area (Å²) in [6, 6.07) is 9.90. The van der Waals surface area contributed by atoms with Gasteiger partial charge >= 0.3 is 0 Å². The molecule has 1 N–H and O–H groups in total. The SMILES string of the molecule is Cl.OC(CN1CCCC1)c1ccccc1. The number of hydrogen-bond donors (Lipinski definition) is 1. The molecule has 1 aromatic carbocycles. The Kier molecular flexibility index (Phi) is 5.09. The van der Waals surface area contributed by atoms with Crippen molar-refractivity contribution in [3.63, 3.8) is 0 Å². The molecule has 84 valence electrons. The third-order valence-electron chi connectivity index (χ3n) is 2.81. The summed E-state index contributed by atoms with van der Waals surface area (Å²) in [6.07, 6.45) is 2.23. The van der Waals surface area contributed by atoms with E-state index in [0.29, 0.717) is 0 Å². The average molecular weight is 228 g/mol. The van der Waals surface area contributed by atoms with Gasteiger partial charge in [0.25, 0.3) is 0 Å². The largest absolute Gasteiger partial charge is 0.387 e. The van der Waals surface area contributed by atoms with E-state index in [2.05, 4.69) is 4.90 Å². The zero-order valence-electron chi connectivity index (χ0n) is 8.80. The minimum Gasteiger partial charge on any atom is -0.387 e. The van der Waals surface area contributed by atoms with Crippen LogP contribution in [-0.4, -0.2) is 29.6 Å². The van der Waals surface area contributed by atoms with Crippen molar-refractivity contribution in [2.45, 2.75) is 18.9 Å². The Hall–Kier alpha value is -0.570. The second-order valence-electron chi connectivity index (χ2n) is 3.93. The van der Waals surface area contributed by atoms with E-state index in [1.165, 1.54) is 12.8 Å². The van der Waals surface area contributed by atoms with Gasteiger partial charge in [-0.05, 0) is 31.5 Å². The lowest BCUT2D eigenvalue weighted by molar-refractivity contribution is 0.126. The number of benzene rings is 1. The van der Waals surface area contributed by atoms with Crippen LogP contribution in [0.3, 0.4) is 0 Å². The number of likely N-dealkylation sites (tertiary alicyclic amines) is 1. The van der Waals surface area contributed by atoms with Gasteiger partial charge in [-0.25, -0.2) is 0 Å². The van der Waals surface area contributed by atoms with Gasteiger partial charge in [0.1, 0.15) is 0 Å². The lowest BCUT2D eigenvalue weighted by Gasteiger charge is -2.19. The third-order valence-corrected chi connectivity index (χ3v) is 2.81. The monoisotopic (exact) mass is 227 g/mol. The van der Waals surface area contributed by atoms with Crippen molar-refractivity contribution in [3.8, 4) is 0 Å². The summed E-state index contributed by atoms with van der Waals surface area (Å²) in [6.45, 7) is 3.07. The Bertz CT molecular complexity index is 272. The van der Waals surface area contributed by atoms with Gasteiger partial charge in [-0.3, -0.25) is 0 Å². The van der Waals surface area contributed by atoms with Crippen LogP contribution in [0.15, 0.2) is 30.3 Å². The van der Waals surface area contributed by atoms with E-state index < -0.39 is 0 Å². The molecule has 3 heteroatoms. The molecule has 1 aliphatic rings. The predicted molar refractivity (Wildman–Crippen MR) is 64.3 cm³/mol. The molecule has 0 radical (unpaired) electrons. The van der Waals surface area contributed by atoms with E-state index in [1.807, 2.05) is 30.3 Å². The molecule has 1 heterocycles. The number of aliphatic hydroxyl groups is 1. The minimum absolute atomic E-state index is 0. The zero-order chi connectivity index (χ0) is 9.80. The van der Waals surface area contributed by atoms with Crippen LogP contribution in [0, 0.1) is 0 Å². The van der Waals surface area contributed by atoms with Crippen molar-refractivity contribution >= 4 is 12.4 Å². The Morgan fingerprint density at radius 2 is 1.73 bits per heavy atom. The third kappa shape index (κ3) is 3.49. The van der Waals surface area contributed by atoms with Gasteiger partial charge in [0, 0.05) is 6.54 Å². The van der Waals surface area contributed by atoms with Crippen LogP contribution in [0.25, 0.3) is 0 Å². The zero-order valence-corrected chi connectivity index (χ0v) is 9.62. The number of aliphatic hydroxyl groups excluding tert-OH is 1. The maximum atomic E-state index is 9.94. The highest BCUT2D eigenvalue weighted by molar-refractivity contribution is 5.85. The van der Waals surface area contributed by atoms with Crippen molar-refractivity contribution in [3.05, 3.63) is 35.9 Å². The van der Waals surface area contributed by atoms with E-state index in [4.69, 9.17) is 0 Å².